The van der Waals surface area contributed by atoms with E-state index in [1.807, 2.05) is 0 Å². The summed E-state index contributed by atoms with van der Waals surface area (Å²) in [5.74, 6) is -0.386. The maximum Gasteiger partial charge on any atom is 0.343 e. The van der Waals surface area contributed by atoms with Crippen LogP contribution in [0.3, 0.4) is 0 Å². The summed E-state index contributed by atoms with van der Waals surface area (Å²) < 4.78 is 16.9. The van der Waals surface area contributed by atoms with Gasteiger partial charge in [-0.15, -0.1) is 11.6 Å². The SMILES string of the molecule is CCCCCCCCC=CCCCCCCCC(=O)OC(CC)(CC)[C@@H](O)CC(Cl)P(=O)(O)O. The van der Waals surface area contributed by atoms with Crippen molar-refractivity contribution in [2.75, 3.05) is 0 Å². The zero-order chi connectivity index (χ0) is 25.9. The second-order valence-corrected chi connectivity index (χ2v) is 12.0. The first-order valence-electron chi connectivity index (χ1n) is 13.4. The van der Waals surface area contributed by atoms with Gasteiger partial charge in [0.1, 0.15) is 10.7 Å². The van der Waals surface area contributed by atoms with E-state index < -0.39 is 24.4 Å². The number of aliphatic hydroxyl groups is 1. The lowest BCUT2D eigenvalue weighted by Crippen LogP contribution is -2.46. The van der Waals surface area contributed by atoms with Crippen molar-refractivity contribution in [3.05, 3.63) is 12.2 Å². The van der Waals surface area contributed by atoms with Crippen molar-refractivity contribution in [1.29, 1.82) is 0 Å². The van der Waals surface area contributed by atoms with Crippen molar-refractivity contribution in [1.82, 2.24) is 0 Å². The number of unbranched alkanes of at least 4 members (excludes halogenated alkanes) is 11. The Balaban J connectivity index is 4.02. The summed E-state index contributed by atoms with van der Waals surface area (Å²) in [5.41, 5.74) is -1.18. The van der Waals surface area contributed by atoms with Crippen LogP contribution in [-0.2, 0) is 14.1 Å². The Kier molecular flexibility index (Phi) is 19.5. The van der Waals surface area contributed by atoms with Crippen molar-refractivity contribution in [3.63, 3.8) is 0 Å². The van der Waals surface area contributed by atoms with Gasteiger partial charge in [0.15, 0.2) is 0 Å². The Labute approximate surface area is 213 Å². The third-order valence-corrected chi connectivity index (χ3v) is 8.43. The summed E-state index contributed by atoms with van der Waals surface area (Å²) in [6.07, 6.45) is 19.3. The van der Waals surface area contributed by atoms with Crippen LogP contribution in [0.4, 0.5) is 0 Å². The van der Waals surface area contributed by atoms with Gasteiger partial charge < -0.3 is 19.6 Å². The molecular weight excluding hydrogens is 475 g/mol. The van der Waals surface area contributed by atoms with Crippen LogP contribution < -0.4 is 0 Å². The van der Waals surface area contributed by atoms with Crippen molar-refractivity contribution in [3.8, 4) is 0 Å². The quantitative estimate of drug-likeness (QED) is 0.0442. The first-order chi connectivity index (χ1) is 16.1. The summed E-state index contributed by atoms with van der Waals surface area (Å²) in [6.45, 7) is 5.80. The highest BCUT2D eigenvalue weighted by Gasteiger charge is 2.42. The summed E-state index contributed by atoms with van der Waals surface area (Å²) in [7, 11) is -4.52. The van der Waals surface area contributed by atoms with E-state index >= 15 is 0 Å². The molecule has 0 fully saturated rings. The first kappa shape index (κ1) is 33.6. The van der Waals surface area contributed by atoms with Crippen LogP contribution in [0, 0.1) is 0 Å². The Bertz CT molecular complexity index is 588. The Hall–Kier alpha value is -0.390. The van der Waals surface area contributed by atoms with Gasteiger partial charge in [-0.1, -0.05) is 84.3 Å². The maximum absolute atomic E-state index is 12.4. The molecule has 0 aromatic carbocycles. The lowest BCUT2D eigenvalue weighted by molar-refractivity contribution is -0.176. The number of hydrogen-bond donors (Lipinski definition) is 3. The minimum Gasteiger partial charge on any atom is -0.456 e. The number of rotatable bonds is 22. The molecule has 34 heavy (non-hydrogen) atoms. The fraction of sp³-hybridized carbons (Fsp3) is 0.885. The van der Waals surface area contributed by atoms with Crippen LogP contribution in [0.5, 0.6) is 0 Å². The number of alkyl halides is 1. The molecule has 2 atom stereocenters. The fourth-order valence-electron chi connectivity index (χ4n) is 4.09. The van der Waals surface area contributed by atoms with E-state index in [9.17, 15) is 24.3 Å². The molecule has 0 bridgehead atoms. The molecule has 0 spiro atoms. The van der Waals surface area contributed by atoms with Crippen LogP contribution in [0.15, 0.2) is 12.2 Å². The standard InChI is InChI=1S/C26H50ClO6P/c1-4-7-8-9-10-11-12-13-14-15-16-17-18-19-20-21-25(29)33-26(5-2,6-3)23(28)22-24(27)34(30,31)32/h13-14,23-24,28H,4-12,15-22H2,1-3H3,(H2,30,31,32)/t23-,24?/m0/s1. The maximum atomic E-state index is 12.4. The number of hydrogen-bond acceptors (Lipinski definition) is 4. The number of allylic oxidation sites excluding steroid dienone is 2. The molecule has 6 nitrogen and oxygen atoms in total. The lowest BCUT2D eigenvalue weighted by atomic mass is 9.88. The van der Waals surface area contributed by atoms with Crippen LogP contribution in [0.1, 0.15) is 130 Å². The Morgan fingerprint density at radius 2 is 1.35 bits per heavy atom. The minimum absolute atomic E-state index is 0.273. The summed E-state index contributed by atoms with van der Waals surface area (Å²) >= 11 is 5.75. The molecule has 0 aliphatic heterocycles. The number of carbonyl (C=O) groups excluding carboxylic acids is 1. The normalized spacial score (nSPS) is 14.4. The van der Waals surface area contributed by atoms with Crippen LogP contribution in [0.2, 0.25) is 0 Å². The Morgan fingerprint density at radius 1 is 0.882 bits per heavy atom. The summed E-state index contributed by atoms with van der Waals surface area (Å²) in [4.78, 5) is 30.7. The van der Waals surface area contributed by atoms with E-state index in [4.69, 9.17) is 16.3 Å². The first-order valence-corrected chi connectivity index (χ1v) is 15.5. The third kappa shape index (κ3) is 15.6. The van der Waals surface area contributed by atoms with Gasteiger partial charge in [0, 0.05) is 12.8 Å². The molecule has 0 aliphatic carbocycles. The van der Waals surface area contributed by atoms with Gasteiger partial charge in [0.25, 0.3) is 0 Å². The second kappa shape index (κ2) is 19.8. The van der Waals surface area contributed by atoms with E-state index in [1.54, 1.807) is 13.8 Å². The van der Waals surface area contributed by atoms with E-state index in [1.165, 1.54) is 44.9 Å². The largest absolute Gasteiger partial charge is 0.456 e. The van der Waals surface area contributed by atoms with E-state index in [0.29, 0.717) is 12.8 Å². The number of esters is 1. The highest BCUT2D eigenvalue weighted by Crippen LogP contribution is 2.47. The van der Waals surface area contributed by atoms with E-state index in [2.05, 4.69) is 19.1 Å². The minimum atomic E-state index is -4.52. The summed E-state index contributed by atoms with van der Waals surface area (Å²) in [5, 5.41) is 9.03. The molecule has 0 saturated carbocycles. The van der Waals surface area contributed by atoms with E-state index in [-0.39, 0.29) is 18.8 Å². The van der Waals surface area contributed by atoms with Crippen molar-refractivity contribution >= 4 is 25.2 Å². The van der Waals surface area contributed by atoms with Gasteiger partial charge in [0.2, 0.25) is 0 Å². The monoisotopic (exact) mass is 524 g/mol. The summed E-state index contributed by atoms with van der Waals surface area (Å²) in [6, 6.07) is 0. The van der Waals surface area contributed by atoms with Gasteiger partial charge >= 0.3 is 13.6 Å². The molecule has 8 heteroatoms. The van der Waals surface area contributed by atoms with Gasteiger partial charge in [0.05, 0.1) is 6.10 Å². The molecule has 0 radical (unpaired) electrons. The van der Waals surface area contributed by atoms with Crippen molar-refractivity contribution < 1.29 is 29.0 Å². The van der Waals surface area contributed by atoms with Gasteiger partial charge in [-0.3, -0.25) is 9.36 Å². The highest BCUT2D eigenvalue weighted by molar-refractivity contribution is 7.54. The molecule has 3 N–H and O–H groups in total. The average Bonchev–Trinajstić information content (AvgIpc) is 2.79. The zero-order valence-electron chi connectivity index (χ0n) is 21.7. The molecule has 0 amide bonds. The highest BCUT2D eigenvalue weighted by atomic mass is 35.5. The molecule has 0 saturated heterocycles. The molecule has 0 aromatic heterocycles. The van der Waals surface area contributed by atoms with Crippen LogP contribution in [0.25, 0.3) is 0 Å². The van der Waals surface area contributed by atoms with Crippen LogP contribution >= 0.6 is 19.2 Å². The Morgan fingerprint density at radius 3 is 1.82 bits per heavy atom. The molecular formula is C26H50ClO6P. The molecule has 1 unspecified atom stereocenters. The second-order valence-electron chi connectivity index (χ2n) is 9.36. The lowest BCUT2D eigenvalue weighted by Gasteiger charge is -2.37. The average molecular weight is 525 g/mol. The number of halogens is 1. The topological polar surface area (TPSA) is 104 Å². The van der Waals surface area contributed by atoms with E-state index in [0.717, 1.165) is 38.5 Å². The third-order valence-electron chi connectivity index (χ3n) is 6.55. The molecule has 0 rings (SSSR count). The number of carbonyl (C=O) groups is 1. The van der Waals surface area contributed by atoms with Crippen LogP contribution in [-0.4, -0.2) is 37.7 Å². The smallest absolute Gasteiger partial charge is 0.343 e. The van der Waals surface area contributed by atoms with Crippen molar-refractivity contribution in [2.24, 2.45) is 0 Å². The number of aliphatic hydroxyl groups excluding tert-OH is 1. The molecule has 0 aromatic rings. The molecule has 0 heterocycles. The predicted molar refractivity (Wildman–Crippen MR) is 141 cm³/mol. The number of ether oxygens (including phenoxy) is 1. The van der Waals surface area contributed by atoms with Gasteiger partial charge in [-0.05, 0) is 44.9 Å². The van der Waals surface area contributed by atoms with Gasteiger partial charge in [-0.25, -0.2) is 0 Å². The predicted octanol–water partition coefficient (Wildman–Crippen LogP) is 7.62. The van der Waals surface area contributed by atoms with Crippen molar-refractivity contribution in [2.45, 2.75) is 147 Å². The molecule has 202 valence electrons. The molecule has 0 aliphatic rings. The zero-order valence-corrected chi connectivity index (χ0v) is 23.4. The fourth-order valence-corrected chi connectivity index (χ4v) is 4.73. The van der Waals surface area contributed by atoms with Gasteiger partial charge in [-0.2, -0.15) is 0 Å².